The Morgan fingerprint density at radius 3 is 2.74 bits per heavy atom. The van der Waals surface area contributed by atoms with Gasteiger partial charge in [-0.15, -0.1) is 11.3 Å². The van der Waals surface area contributed by atoms with Crippen LogP contribution in [0.25, 0.3) is 10.9 Å². The first kappa shape index (κ1) is 15.6. The summed E-state index contributed by atoms with van der Waals surface area (Å²) in [6.07, 6.45) is 0. The van der Waals surface area contributed by atoms with Crippen LogP contribution in [0.2, 0.25) is 4.34 Å². The van der Waals surface area contributed by atoms with Crippen molar-refractivity contribution in [3.8, 4) is 0 Å². The number of hydrogen-bond acceptors (Lipinski definition) is 5. The van der Waals surface area contributed by atoms with Gasteiger partial charge in [-0.3, -0.25) is 9.78 Å². The number of ether oxygens (including phenoxy) is 1. The molecule has 4 nitrogen and oxygen atoms in total. The predicted molar refractivity (Wildman–Crippen MR) is 90.4 cm³/mol. The number of pyridine rings is 1. The number of para-hydroxylation sites is 1. The van der Waals surface area contributed by atoms with Crippen LogP contribution in [0, 0.1) is 6.92 Å². The zero-order valence-corrected chi connectivity index (χ0v) is 13.8. The lowest BCUT2D eigenvalue weighted by Crippen LogP contribution is -2.14. The molecule has 0 N–H and O–H groups in total. The molecule has 0 radical (unpaired) electrons. The average molecular weight is 346 g/mol. The fourth-order valence-electron chi connectivity index (χ4n) is 2.22. The number of benzene rings is 1. The van der Waals surface area contributed by atoms with Gasteiger partial charge < -0.3 is 4.74 Å². The van der Waals surface area contributed by atoms with Crippen LogP contribution in [-0.4, -0.2) is 23.3 Å². The van der Waals surface area contributed by atoms with Gasteiger partial charge >= 0.3 is 5.97 Å². The third kappa shape index (κ3) is 3.41. The van der Waals surface area contributed by atoms with E-state index in [1.54, 1.807) is 24.3 Å². The molecule has 23 heavy (non-hydrogen) atoms. The van der Waals surface area contributed by atoms with Gasteiger partial charge in [0.15, 0.2) is 6.61 Å². The van der Waals surface area contributed by atoms with Crippen LogP contribution in [0.4, 0.5) is 0 Å². The van der Waals surface area contributed by atoms with Crippen molar-refractivity contribution in [3.63, 3.8) is 0 Å². The van der Waals surface area contributed by atoms with Crippen molar-refractivity contribution < 1.29 is 14.3 Å². The molecule has 0 atom stereocenters. The molecule has 0 spiro atoms. The molecule has 0 bridgehead atoms. The molecule has 3 rings (SSSR count). The maximum atomic E-state index is 12.3. The van der Waals surface area contributed by atoms with Crippen LogP contribution >= 0.6 is 22.9 Å². The molecule has 3 aromatic rings. The third-order valence-corrected chi connectivity index (χ3v) is 4.52. The van der Waals surface area contributed by atoms with Crippen LogP contribution in [0.15, 0.2) is 42.5 Å². The zero-order valence-electron chi connectivity index (χ0n) is 12.2. The summed E-state index contributed by atoms with van der Waals surface area (Å²) in [5, 5.41) is 0.703. The number of nitrogens with zero attached hydrogens (tertiary/aromatic N) is 1. The molecule has 0 unspecified atom stereocenters. The van der Waals surface area contributed by atoms with Crippen molar-refractivity contribution in [1.29, 1.82) is 0 Å². The lowest BCUT2D eigenvalue weighted by atomic mass is 10.1. The van der Waals surface area contributed by atoms with E-state index in [0.717, 1.165) is 16.9 Å². The number of carbonyl (C=O) groups excluding carboxylic acids is 2. The molecule has 6 heteroatoms. The van der Waals surface area contributed by atoms with E-state index >= 15 is 0 Å². The highest BCUT2D eigenvalue weighted by molar-refractivity contribution is 7.18. The molecule has 0 saturated carbocycles. The Kier molecular flexibility index (Phi) is 4.41. The molecule has 0 saturated heterocycles. The number of ketones is 1. The van der Waals surface area contributed by atoms with E-state index in [2.05, 4.69) is 4.98 Å². The van der Waals surface area contributed by atoms with Gasteiger partial charge in [-0.05, 0) is 31.2 Å². The summed E-state index contributed by atoms with van der Waals surface area (Å²) < 4.78 is 5.69. The van der Waals surface area contributed by atoms with Crippen molar-refractivity contribution in [2.75, 3.05) is 6.61 Å². The van der Waals surface area contributed by atoms with Crippen molar-refractivity contribution in [3.05, 3.63) is 62.9 Å². The Bertz CT molecular complexity index is 904. The fraction of sp³-hybridized carbons (Fsp3) is 0.118. The monoisotopic (exact) mass is 345 g/mol. The number of Topliss-reactive ketones (excluding diaryl/α,β-unsaturated/α-hetero) is 1. The van der Waals surface area contributed by atoms with Crippen LogP contribution in [0.5, 0.6) is 0 Å². The van der Waals surface area contributed by atoms with Gasteiger partial charge in [-0.1, -0.05) is 29.8 Å². The van der Waals surface area contributed by atoms with Gasteiger partial charge in [0, 0.05) is 11.1 Å². The number of thiophene rings is 1. The fourth-order valence-corrected chi connectivity index (χ4v) is 3.19. The van der Waals surface area contributed by atoms with Gasteiger partial charge in [-0.2, -0.15) is 0 Å². The van der Waals surface area contributed by atoms with Crippen LogP contribution in [0.1, 0.15) is 25.7 Å². The van der Waals surface area contributed by atoms with E-state index < -0.39 is 5.97 Å². The largest absolute Gasteiger partial charge is 0.454 e. The van der Waals surface area contributed by atoms with E-state index in [1.165, 1.54) is 0 Å². The SMILES string of the molecule is Cc1cc(C(=O)OCC(=O)c2ccc(Cl)s2)c2ccccc2n1. The highest BCUT2D eigenvalue weighted by atomic mass is 35.5. The molecule has 116 valence electrons. The smallest absolute Gasteiger partial charge is 0.339 e. The van der Waals surface area contributed by atoms with Crippen LogP contribution < -0.4 is 0 Å². The second-order valence-corrected chi connectivity index (χ2v) is 6.65. The van der Waals surface area contributed by atoms with E-state index in [0.29, 0.717) is 25.9 Å². The number of carbonyl (C=O) groups is 2. The minimum absolute atomic E-state index is 0.273. The molecule has 2 heterocycles. The molecule has 0 aliphatic heterocycles. The van der Waals surface area contributed by atoms with E-state index in [4.69, 9.17) is 16.3 Å². The minimum atomic E-state index is -0.539. The summed E-state index contributed by atoms with van der Waals surface area (Å²) >= 11 is 6.96. The summed E-state index contributed by atoms with van der Waals surface area (Å²) in [7, 11) is 0. The van der Waals surface area contributed by atoms with E-state index in [1.807, 2.05) is 25.1 Å². The van der Waals surface area contributed by atoms with Gasteiger partial charge in [0.2, 0.25) is 5.78 Å². The second-order valence-electron chi connectivity index (χ2n) is 4.93. The number of fused-ring (bicyclic) bond motifs is 1. The lowest BCUT2D eigenvalue weighted by molar-refractivity contribution is 0.0477. The highest BCUT2D eigenvalue weighted by Crippen LogP contribution is 2.22. The number of hydrogen-bond donors (Lipinski definition) is 0. The summed E-state index contributed by atoms with van der Waals surface area (Å²) in [5.74, 6) is -0.812. The van der Waals surface area contributed by atoms with Crippen molar-refractivity contribution >= 4 is 45.6 Å². The maximum Gasteiger partial charge on any atom is 0.339 e. The van der Waals surface area contributed by atoms with Crippen LogP contribution in [-0.2, 0) is 4.74 Å². The van der Waals surface area contributed by atoms with Gasteiger partial charge in [0.1, 0.15) is 0 Å². The number of aryl methyl sites for hydroxylation is 1. The van der Waals surface area contributed by atoms with E-state index in [9.17, 15) is 9.59 Å². The maximum absolute atomic E-state index is 12.3. The van der Waals surface area contributed by atoms with Crippen molar-refractivity contribution in [2.24, 2.45) is 0 Å². The molecule has 0 aliphatic carbocycles. The summed E-state index contributed by atoms with van der Waals surface area (Å²) in [6, 6.07) is 12.2. The van der Waals surface area contributed by atoms with Crippen LogP contribution in [0.3, 0.4) is 0 Å². The number of halogens is 1. The minimum Gasteiger partial charge on any atom is -0.454 e. The molecule has 0 aliphatic rings. The molecular weight excluding hydrogens is 334 g/mol. The number of rotatable bonds is 4. The zero-order chi connectivity index (χ0) is 16.4. The predicted octanol–water partition coefficient (Wildman–Crippen LogP) is 4.30. The molecule has 2 aromatic heterocycles. The molecule has 0 amide bonds. The molecular formula is C17H12ClNO3S. The topological polar surface area (TPSA) is 56.3 Å². The Labute approximate surface area is 141 Å². The van der Waals surface area contributed by atoms with E-state index in [-0.39, 0.29) is 12.4 Å². The molecule has 0 fully saturated rings. The highest BCUT2D eigenvalue weighted by Gasteiger charge is 2.16. The first-order valence-corrected chi connectivity index (χ1v) is 8.06. The molecule has 1 aromatic carbocycles. The third-order valence-electron chi connectivity index (χ3n) is 3.25. The quantitative estimate of drug-likeness (QED) is 0.522. The van der Waals surface area contributed by atoms with Gasteiger partial charge in [0.05, 0.1) is 20.3 Å². The standard InChI is InChI=1S/C17H12ClNO3S/c1-10-8-12(11-4-2-3-5-13(11)19-10)17(21)22-9-14(20)15-6-7-16(18)23-15/h2-8H,9H2,1H3. The average Bonchev–Trinajstić information content (AvgIpc) is 2.98. The Balaban J connectivity index is 1.80. The lowest BCUT2D eigenvalue weighted by Gasteiger charge is -2.07. The first-order chi connectivity index (χ1) is 11.0. The van der Waals surface area contributed by atoms with Crippen molar-refractivity contribution in [2.45, 2.75) is 6.92 Å². The van der Waals surface area contributed by atoms with Crippen molar-refractivity contribution in [1.82, 2.24) is 4.98 Å². The number of aromatic nitrogens is 1. The number of esters is 1. The Hall–Kier alpha value is -2.24. The Morgan fingerprint density at radius 2 is 2.00 bits per heavy atom. The normalized spacial score (nSPS) is 10.7. The first-order valence-electron chi connectivity index (χ1n) is 6.86. The summed E-state index contributed by atoms with van der Waals surface area (Å²) in [6.45, 7) is 1.49. The van der Waals surface area contributed by atoms with Gasteiger partial charge in [-0.25, -0.2) is 4.79 Å². The second kappa shape index (κ2) is 6.48. The van der Waals surface area contributed by atoms with Gasteiger partial charge in [0.25, 0.3) is 0 Å². The summed E-state index contributed by atoms with van der Waals surface area (Å²) in [5.41, 5.74) is 1.84. The summed E-state index contributed by atoms with van der Waals surface area (Å²) in [4.78, 5) is 29.2. The Morgan fingerprint density at radius 1 is 1.22 bits per heavy atom.